The van der Waals surface area contributed by atoms with Crippen LogP contribution in [0.2, 0.25) is 5.02 Å². The lowest BCUT2D eigenvalue weighted by atomic mass is 9.65. The van der Waals surface area contributed by atoms with Crippen LogP contribution in [-0.2, 0) is 12.0 Å². The molecule has 1 unspecified atom stereocenters. The predicted octanol–water partition coefficient (Wildman–Crippen LogP) is 6.58. The molecule has 1 saturated heterocycles. The molecule has 3 heterocycles. The zero-order valence-electron chi connectivity index (χ0n) is 24.3. The second kappa shape index (κ2) is 11.0. The van der Waals surface area contributed by atoms with Crippen molar-refractivity contribution in [2.45, 2.75) is 57.5 Å². The van der Waals surface area contributed by atoms with Crippen LogP contribution in [-0.4, -0.2) is 44.4 Å². The Hall–Kier alpha value is -4.01. The van der Waals surface area contributed by atoms with Gasteiger partial charge in [-0.25, -0.2) is 0 Å². The number of likely N-dealkylation sites (tertiary alicyclic amines) is 1. The van der Waals surface area contributed by atoms with Gasteiger partial charge in [0, 0.05) is 32.9 Å². The Bertz CT molecular complexity index is 1600. The lowest BCUT2D eigenvalue weighted by Gasteiger charge is -2.51. The van der Waals surface area contributed by atoms with E-state index in [0.717, 1.165) is 35.6 Å². The third-order valence-corrected chi connectivity index (χ3v) is 8.70. The highest BCUT2D eigenvalue weighted by Crippen LogP contribution is 2.51. The van der Waals surface area contributed by atoms with E-state index in [9.17, 15) is 4.79 Å². The number of rotatable bonds is 6. The van der Waals surface area contributed by atoms with E-state index in [1.165, 1.54) is 12.8 Å². The molecule has 3 aromatic carbocycles. The number of nitrogens with two attached hydrogens (primary N) is 1. The summed E-state index contributed by atoms with van der Waals surface area (Å²) < 4.78 is 0. The highest BCUT2D eigenvalue weighted by Gasteiger charge is 2.48. The molecule has 2 aliphatic heterocycles. The van der Waals surface area contributed by atoms with Crippen molar-refractivity contribution in [1.82, 2.24) is 19.9 Å². The molecule has 216 valence electrons. The first-order valence-electron chi connectivity index (χ1n) is 14.4. The fourth-order valence-corrected chi connectivity index (χ4v) is 6.75. The minimum absolute atomic E-state index is 0.0301. The second-order valence-electron chi connectivity index (χ2n) is 12.1. The first-order chi connectivity index (χ1) is 20.1. The number of amides is 1. The summed E-state index contributed by atoms with van der Waals surface area (Å²) in [7, 11) is 0. The standard InChI is InChI=1S/C33H36ClN7O/c1-32(2)21-33(3,23-11-13-24(34)14-12-23)26-19-25(15-16-27(26)41(32)29(42)22-9-5-4-6-10-22)36-31-38-28(37-30(35)39-31)20-40-17-7-8-18-40/h4-6,9-16,19H,7-8,17-18,20-21H2,1-3H3,(H3,35,36,37,38,39). The van der Waals surface area contributed by atoms with Crippen molar-refractivity contribution in [3.63, 3.8) is 0 Å². The van der Waals surface area contributed by atoms with Gasteiger partial charge in [0.25, 0.3) is 5.91 Å². The Morgan fingerprint density at radius 2 is 1.67 bits per heavy atom. The smallest absolute Gasteiger partial charge is 0.258 e. The molecule has 2 aliphatic rings. The third kappa shape index (κ3) is 5.44. The normalized spacial score (nSPS) is 19.9. The predicted molar refractivity (Wildman–Crippen MR) is 168 cm³/mol. The number of benzene rings is 3. The largest absolute Gasteiger partial charge is 0.368 e. The average Bonchev–Trinajstić information content (AvgIpc) is 3.46. The molecule has 1 atom stereocenters. The summed E-state index contributed by atoms with van der Waals surface area (Å²) in [5.41, 5.74) is 9.68. The zero-order valence-corrected chi connectivity index (χ0v) is 25.0. The molecule has 4 aromatic rings. The molecule has 6 rings (SSSR count). The van der Waals surface area contributed by atoms with Crippen molar-refractivity contribution < 1.29 is 4.79 Å². The van der Waals surface area contributed by atoms with Crippen molar-refractivity contribution in [3.8, 4) is 0 Å². The van der Waals surface area contributed by atoms with Crippen molar-refractivity contribution in [3.05, 3.63) is 100 Å². The maximum Gasteiger partial charge on any atom is 0.258 e. The summed E-state index contributed by atoms with van der Waals surface area (Å²) >= 11 is 6.28. The molecule has 42 heavy (non-hydrogen) atoms. The van der Waals surface area contributed by atoms with Gasteiger partial charge in [0.05, 0.1) is 6.54 Å². The number of anilines is 4. The first-order valence-corrected chi connectivity index (χ1v) is 14.8. The molecule has 1 aromatic heterocycles. The number of hydrogen-bond acceptors (Lipinski definition) is 7. The van der Waals surface area contributed by atoms with E-state index in [-0.39, 0.29) is 11.9 Å². The molecule has 0 spiro atoms. The van der Waals surface area contributed by atoms with Gasteiger partial charge >= 0.3 is 0 Å². The fourth-order valence-electron chi connectivity index (χ4n) is 6.62. The molecule has 9 heteroatoms. The number of halogens is 1. The second-order valence-corrected chi connectivity index (χ2v) is 12.5. The minimum atomic E-state index is -0.476. The van der Waals surface area contributed by atoms with E-state index in [1.807, 2.05) is 59.5 Å². The number of aromatic nitrogens is 3. The highest BCUT2D eigenvalue weighted by molar-refractivity contribution is 6.30. The number of carbonyl (C=O) groups excluding carboxylic acids is 1. The molecule has 0 radical (unpaired) electrons. The topological polar surface area (TPSA) is 100 Å². The summed E-state index contributed by atoms with van der Waals surface area (Å²) in [6, 6.07) is 23.5. The monoisotopic (exact) mass is 581 g/mol. The molecule has 3 N–H and O–H groups in total. The van der Waals surface area contributed by atoms with Crippen LogP contribution >= 0.6 is 11.6 Å². The van der Waals surface area contributed by atoms with Gasteiger partial charge in [-0.2, -0.15) is 15.0 Å². The van der Waals surface area contributed by atoms with Crippen LogP contribution < -0.4 is 16.0 Å². The van der Waals surface area contributed by atoms with E-state index >= 15 is 0 Å². The van der Waals surface area contributed by atoms with E-state index in [0.29, 0.717) is 35.3 Å². The van der Waals surface area contributed by atoms with Crippen LogP contribution in [0.4, 0.5) is 23.3 Å². The molecule has 1 amide bonds. The van der Waals surface area contributed by atoms with Gasteiger partial charge in [-0.1, -0.05) is 48.9 Å². The number of carbonyl (C=O) groups is 1. The lowest BCUT2D eigenvalue weighted by Crippen LogP contribution is -2.55. The molecule has 8 nitrogen and oxygen atoms in total. The molecule has 0 aliphatic carbocycles. The van der Waals surface area contributed by atoms with E-state index in [4.69, 9.17) is 17.3 Å². The molecular formula is C33H36ClN7O. The van der Waals surface area contributed by atoms with Crippen molar-refractivity contribution >= 4 is 40.8 Å². The van der Waals surface area contributed by atoms with Crippen LogP contribution in [0.3, 0.4) is 0 Å². The Balaban J connectivity index is 1.42. The molecule has 0 saturated carbocycles. The van der Waals surface area contributed by atoms with E-state index in [2.05, 4.69) is 64.1 Å². The Morgan fingerprint density at radius 1 is 0.952 bits per heavy atom. The maximum absolute atomic E-state index is 14.0. The van der Waals surface area contributed by atoms with Crippen LogP contribution in [0.5, 0.6) is 0 Å². The number of fused-ring (bicyclic) bond motifs is 1. The first kappa shape index (κ1) is 28.1. The van der Waals surface area contributed by atoms with Gasteiger partial charge in [-0.05, 0) is 99.8 Å². The summed E-state index contributed by atoms with van der Waals surface area (Å²) in [5, 5.41) is 4.06. The number of nitrogens with one attached hydrogen (secondary N) is 1. The van der Waals surface area contributed by atoms with Crippen LogP contribution in [0, 0.1) is 0 Å². The fraction of sp³-hybridized carbons (Fsp3) is 0.333. The van der Waals surface area contributed by atoms with Gasteiger partial charge in [0.1, 0.15) is 5.82 Å². The van der Waals surface area contributed by atoms with Crippen LogP contribution in [0.15, 0.2) is 72.8 Å². The third-order valence-electron chi connectivity index (χ3n) is 8.45. The quantitative estimate of drug-likeness (QED) is 0.265. The molecule has 1 fully saturated rings. The number of nitrogen functional groups attached to an aromatic ring is 1. The van der Waals surface area contributed by atoms with Crippen LogP contribution in [0.1, 0.15) is 67.3 Å². The summed E-state index contributed by atoms with van der Waals surface area (Å²) in [5.74, 6) is 1.21. The number of hydrogen-bond donors (Lipinski definition) is 2. The van der Waals surface area contributed by atoms with Crippen molar-refractivity contribution in [2.75, 3.05) is 29.0 Å². The minimum Gasteiger partial charge on any atom is -0.368 e. The summed E-state index contributed by atoms with van der Waals surface area (Å²) in [6.07, 6.45) is 3.08. The van der Waals surface area contributed by atoms with Crippen molar-refractivity contribution in [2.24, 2.45) is 0 Å². The van der Waals surface area contributed by atoms with E-state index < -0.39 is 11.0 Å². The van der Waals surface area contributed by atoms with Gasteiger partial charge in [-0.15, -0.1) is 0 Å². The van der Waals surface area contributed by atoms with Gasteiger partial charge in [0.15, 0.2) is 0 Å². The average molecular weight is 582 g/mol. The summed E-state index contributed by atoms with van der Waals surface area (Å²) in [6.45, 7) is 9.22. The Kier molecular flexibility index (Phi) is 7.37. The van der Waals surface area contributed by atoms with Crippen molar-refractivity contribution in [1.29, 1.82) is 0 Å². The van der Waals surface area contributed by atoms with Gasteiger partial charge in [0.2, 0.25) is 11.9 Å². The maximum atomic E-state index is 14.0. The molecule has 0 bridgehead atoms. The van der Waals surface area contributed by atoms with Gasteiger partial charge < -0.3 is 16.0 Å². The Morgan fingerprint density at radius 3 is 2.38 bits per heavy atom. The highest BCUT2D eigenvalue weighted by atomic mass is 35.5. The SMILES string of the molecule is CC1(c2ccc(Cl)cc2)CC(C)(C)N(C(=O)c2ccccc2)c2ccc(Nc3nc(N)nc(CN4CCCC4)n3)cc21. The van der Waals surface area contributed by atoms with Gasteiger partial charge in [-0.3, -0.25) is 9.69 Å². The number of nitrogens with zero attached hydrogens (tertiary/aromatic N) is 5. The zero-order chi connectivity index (χ0) is 29.5. The lowest BCUT2D eigenvalue weighted by molar-refractivity contribution is 0.0948. The molecular weight excluding hydrogens is 546 g/mol. The Labute approximate surface area is 252 Å². The van der Waals surface area contributed by atoms with Crippen LogP contribution in [0.25, 0.3) is 0 Å². The summed E-state index contributed by atoms with van der Waals surface area (Å²) in [4.78, 5) is 31.7. The van der Waals surface area contributed by atoms with E-state index in [1.54, 1.807) is 0 Å².